The lowest BCUT2D eigenvalue weighted by molar-refractivity contribution is -0.161. The molecular formula is C64H85F5N8O11. The number of likely N-dealkylation sites (N-methyl/N-ethyl adjacent to an activating group) is 5. The molecule has 2 N–H and O–H groups in total. The number of carbonyl (C=O) groups excluding carboxylic acids is 9. The van der Waals surface area contributed by atoms with Gasteiger partial charge in [-0.15, -0.1) is 0 Å². The molecular weight excluding hydrogens is 1150 g/mol. The smallest absolute Gasteiger partial charge is 0.422 e. The number of hydrogen-bond donors (Lipinski definition) is 2. The van der Waals surface area contributed by atoms with Crippen LogP contribution in [0.4, 0.5) is 26.7 Å². The summed E-state index contributed by atoms with van der Waals surface area (Å²) in [4.78, 5) is 137. The fourth-order valence-corrected chi connectivity index (χ4v) is 12.2. The van der Waals surface area contributed by atoms with E-state index >= 15 is 4.79 Å². The van der Waals surface area contributed by atoms with Crippen molar-refractivity contribution in [2.45, 2.75) is 179 Å². The van der Waals surface area contributed by atoms with Gasteiger partial charge in [0, 0.05) is 54.7 Å². The van der Waals surface area contributed by atoms with Gasteiger partial charge in [0.15, 0.2) is 0 Å². The molecule has 2 saturated carbocycles. The van der Waals surface area contributed by atoms with Gasteiger partial charge in [0.2, 0.25) is 41.4 Å². The molecule has 3 fully saturated rings. The molecule has 0 radical (unpaired) electrons. The zero-order valence-corrected chi connectivity index (χ0v) is 52.1. The summed E-state index contributed by atoms with van der Waals surface area (Å²) in [6.07, 6.45) is -3.18. The second-order valence-electron chi connectivity index (χ2n) is 24.7. The van der Waals surface area contributed by atoms with Crippen molar-refractivity contribution >= 4 is 53.4 Å². The quantitative estimate of drug-likeness (QED) is 0.0661. The van der Waals surface area contributed by atoms with Crippen LogP contribution in [0.15, 0.2) is 66.7 Å². The van der Waals surface area contributed by atoms with Gasteiger partial charge in [-0.2, -0.15) is 13.2 Å². The fraction of sp³-hybridized carbons (Fsp3) is 0.578. The Morgan fingerprint density at radius 2 is 1.35 bits per heavy atom. The van der Waals surface area contributed by atoms with Crippen LogP contribution in [0.25, 0.3) is 0 Å². The normalized spacial score (nSPS) is 17.2. The van der Waals surface area contributed by atoms with E-state index in [0.29, 0.717) is 48.9 Å². The lowest BCUT2D eigenvalue weighted by Gasteiger charge is -2.41. The molecule has 1 heterocycles. The predicted octanol–water partition coefficient (Wildman–Crippen LogP) is 7.52. The number of carbonyl (C=O) groups is 9. The standard InChI is InChI=1S/C64H85F5N8O11/c1-11-76(61(86)87-39-42-20-13-12-14-21-42)50(36-41-27-25-40(2)26-28-41)58(83)73(8)38-51(78)70-47(30-29-43-34-45(65)53(46(66)35-43)64(67,68)69)56(81)77-33-19-24-48(77)55(80)71-63(31-17-18-32-63)60(85)75(10)54(44-22-15-16-23-44)59(84)74(9)49(57(82)72(6)7)37-52(79)88-62(3,4)5/h12-14,20-21,25-28,34-35,44,47-50,54H,11,15-19,22-24,29-33,36-39H2,1-10H3,(H,70,78)(H,71,80)/t47-,48-,49-,50-,54-/m0/s1. The first-order valence-electron chi connectivity index (χ1n) is 30.1. The van der Waals surface area contributed by atoms with Crippen LogP contribution in [0.2, 0.25) is 0 Å². The van der Waals surface area contributed by atoms with E-state index < -0.39 is 144 Å². The third-order valence-electron chi connectivity index (χ3n) is 16.7. The molecule has 8 amide bonds. The first kappa shape index (κ1) is 69.4. The summed E-state index contributed by atoms with van der Waals surface area (Å²) in [5.74, 6) is -9.75. The van der Waals surface area contributed by atoms with Gasteiger partial charge in [-0.05, 0) is 121 Å². The number of nitrogens with zero attached hydrogens (tertiary/aromatic N) is 6. The van der Waals surface area contributed by atoms with E-state index in [1.807, 2.05) is 19.1 Å². The van der Waals surface area contributed by atoms with Gasteiger partial charge in [0.25, 0.3) is 0 Å². The number of hydrogen-bond acceptors (Lipinski definition) is 11. The second-order valence-corrected chi connectivity index (χ2v) is 24.7. The highest BCUT2D eigenvalue weighted by atomic mass is 19.4. The first-order valence-corrected chi connectivity index (χ1v) is 30.1. The van der Waals surface area contributed by atoms with Gasteiger partial charge in [0.1, 0.15) is 65.2 Å². The van der Waals surface area contributed by atoms with Gasteiger partial charge in [0.05, 0.1) is 13.0 Å². The number of amides is 8. The molecule has 1 saturated heterocycles. The summed E-state index contributed by atoms with van der Waals surface area (Å²) in [6, 6.07) is 10.7. The Balaban J connectivity index is 1.25. The van der Waals surface area contributed by atoms with Crippen molar-refractivity contribution in [2.75, 3.05) is 54.9 Å². The van der Waals surface area contributed by atoms with E-state index in [-0.39, 0.29) is 63.3 Å². The molecule has 3 aromatic rings. The van der Waals surface area contributed by atoms with Crippen molar-refractivity contribution in [1.29, 1.82) is 0 Å². The number of nitrogens with one attached hydrogen (secondary N) is 2. The van der Waals surface area contributed by atoms with E-state index in [1.165, 1.54) is 59.7 Å². The average molecular weight is 1240 g/mol. The topological polar surface area (TPSA) is 216 Å². The molecule has 19 nitrogen and oxygen atoms in total. The van der Waals surface area contributed by atoms with Gasteiger partial charge in [-0.25, -0.2) is 13.6 Å². The summed E-state index contributed by atoms with van der Waals surface area (Å²) in [5, 5.41) is 5.59. The maximum Gasteiger partial charge on any atom is 0.422 e. The maximum absolute atomic E-state index is 15.2. The molecule has 88 heavy (non-hydrogen) atoms. The van der Waals surface area contributed by atoms with Crippen LogP contribution in [0.3, 0.4) is 0 Å². The van der Waals surface area contributed by atoms with Crippen molar-refractivity contribution in [3.63, 3.8) is 0 Å². The summed E-state index contributed by atoms with van der Waals surface area (Å²) < 4.78 is 82.0. The molecule has 0 spiro atoms. The molecule has 1 aliphatic heterocycles. The highest BCUT2D eigenvalue weighted by molar-refractivity contribution is 5.99. The van der Waals surface area contributed by atoms with Crippen molar-refractivity contribution in [3.8, 4) is 0 Å². The van der Waals surface area contributed by atoms with Crippen molar-refractivity contribution < 1.29 is 74.6 Å². The van der Waals surface area contributed by atoms with Crippen LogP contribution in [0, 0.1) is 24.5 Å². The number of rotatable bonds is 24. The Kier molecular flexibility index (Phi) is 23.7. The Hall–Kier alpha value is -7.66. The minimum atomic E-state index is -5.37. The molecule has 6 rings (SSSR count). The Bertz CT molecular complexity index is 2960. The Labute approximate surface area is 511 Å². The molecule has 2 aliphatic carbocycles. The monoisotopic (exact) mass is 1240 g/mol. The van der Waals surface area contributed by atoms with Crippen LogP contribution in [0.5, 0.6) is 0 Å². The van der Waals surface area contributed by atoms with Crippen molar-refractivity contribution in [2.24, 2.45) is 5.92 Å². The summed E-state index contributed by atoms with van der Waals surface area (Å²) in [7, 11) is 7.18. The van der Waals surface area contributed by atoms with E-state index in [1.54, 1.807) is 70.2 Å². The van der Waals surface area contributed by atoms with Gasteiger partial charge in [-0.1, -0.05) is 85.8 Å². The average Bonchev–Trinajstić information content (AvgIpc) is 2.41. The lowest BCUT2D eigenvalue weighted by atomic mass is 9.90. The van der Waals surface area contributed by atoms with Crippen LogP contribution in [0.1, 0.15) is 133 Å². The maximum atomic E-state index is 15.2. The van der Waals surface area contributed by atoms with Crippen molar-refractivity contribution in [3.05, 3.63) is 106 Å². The van der Waals surface area contributed by atoms with Crippen LogP contribution in [-0.4, -0.2) is 179 Å². The molecule has 0 bridgehead atoms. The predicted molar refractivity (Wildman–Crippen MR) is 315 cm³/mol. The number of alkyl halides is 3. The molecule has 5 atom stereocenters. The first-order chi connectivity index (χ1) is 41.4. The van der Waals surface area contributed by atoms with E-state index in [0.717, 1.165) is 23.3 Å². The third-order valence-corrected chi connectivity index (χ3v) is 16.7. The Morgan fingerprint density at radius 1 is 0.739 bits per heavy atom. The van der Waals surface area contributed by atoms with Crippen LogP contribution >= 0.6 is 0 Å². The SMILES string of the molecule is CCN(C(=O)OCc1ccccc1)[C@@H](Cc1ccc(C)cc1)C(=O)N(C)CC(=O)N[C@@H](CCc1cc(F)c(C(F)(F)F)c(F)c1)C(=O)N1CCC[C@H]1C(=O)NC1(C(=O)N(C)[C@H](C(=O)N(C)[C@@H](CC(=O)OC(C)(C)C)C(=O)N(C)C)C2CCCC2)CCCC1. The molecule has 482 valence electrons. The molecule has 0 aromatic heterocycles. The third kappa shape index (κ3) is 17.8. The second kappa shape index (κ2) is 30.0. The van der Waals surface area contributed by atoms with Gasteiger partial charge >= 0.3 is 18.2 Å². The number of esters is 1. The summed E-state index contributed by atoms with van der Waals surface area (Å²) in [5.41, 5.74) is -2.53. The number of likely N-dealkylation sites (tertiary alicyclic amines) is 1. The zero-order valence-electron chi connectivity index (χ0n) is 52.1. The molecule has 0 unspecified atom stereocenters. The van der Waals surface area contributed by atoms with E-state index in [9.17, 15) is 60.3 Å². The minimum Gasteiger partial charge on any atom is -0.460 e. The largest absolute Gasteiger partial charge is 0.460 e. The van der Waals surface area contributed by atoms with E-state index in [4.69, 9.17) is 9.47 Å². The van der Waals surface area contributed by atoms with Crippen LogP contribution < -0.4 is 10.6 Å². The number of benzene rings is 3. The van der Waals surface area contributed by atoms with E-state index in [2.05, 4.69) is 10.6 Å². The van der Waals surface area contributed by atoms with Crippen LogP contribution in [-0.2, 0) is 73.5 Å². The van der Waals surface area contributed by atoms with Gasteiger partial charge in [-0.3, -0.25) is 43.3 Å². The van der Waals surface area contributed by atoms with Crippen molar-refractivity contribution in [1.82, 2.24) is 40.0 Å². The number of aryl methyl sites for hydroxylation is 2. The molecule has 3 aliphatic rings. The van der Waals surface area contributed by atoms with Gasteiger partial charge < -0.3 is 44.6 Å². The Morgan fingerprint density at radius 3 is 1.92 bits per heavy atom. The minimum absolute atomic E-state index is 0.00980. The lowest BCUT2D eigenvalue weighted by Crippen LogP contribution is -2.65. The molecule has 3 aromatic carbocycles. The highest BCUT2D eigenvalue weighted by Gasteiger charge is 2.51. The highest BCUT2D eigenvalue weighted by Crippen LogP contribution is 2.38. The molecule has 24 heteroatoms. The zero-order chi connectivity index (χ0) is 65.0. The number of halogens is 5. The number of ether oxygens (including phenoxy) is 2. The summed E-state index contributed by atoms with van der Waals surface area (Å²) >= 11 is 0. The fourth-order valence-electron chi connectivity index (χ4n) is 12.2. The summed E-state index contributed by atoms with van der Waals surface area (Å²) in [6.45, 7) is 7.75.